The highest BCUT2D eigenvalue weighted by molar-refractivity contribution is 6.00. The van der Waals surface area contributed by atoms with E-state index in [-0.39, 0.29) is 18.2 Å². The van der Waals surface area contributed by atoms with E-state index >= 15 is 0 Å². The first-order chi connectivity index (χ1) is 17.7. The smallest absolute Gasteiger partial charge is 0.252 e. The molecule has 0 aliphatic rings. The van der Waals surface area contributed by atoms with E-state index in [1.54, 1.807) is 42.7 Å². The monoisotopic (exact) mass is 478 g/mol. The van der Waals surface area contributed by atoms with Crippen molar-refractivity contribution in [3.05, 3.63) is 132 Å². The first-order valence-corrected chi connectivity index (χ1v) is 11.5. The molecule has 0 saturated carbocycles. The van der Waals surface area contributed by atoms with Crippen molar-refractivity contribution in [2.24, 2.45) is 0 Å². The van der Waals surface area contributed by atoms with Gasteiger partial charge >= 0.3 is 0 Å². The van der Waals surface area contributed by atoms with Crippen LogP contribution in [0.2, 0.25) is 0 Å². The summed E-state index contributed by atoms with van der Waals surface area (Å²) in [6.45, 7) is 0.859. The molecule has 0 spiro atoms. The van der Waals surface area contributed by atoms with Gasteiger partial charge in [-0.25, -0.2) is 4.39 Å². The van der Waals surface area contributed by atoms with Crippen LogP contribution in [-0.4, -0.2) is 20.7 Å². The highest BCUT2D eigenvalue weighted by Gasteiger charge is 2.13. The highest BCUT2D eigenvalue weighted by Crippen LogP contribution is 2.26. The number of carbonyl (C=O) groups excluding carboxylic acids is 1. The third-order valence-corrected chi connectivity index (χ3v) is 5.65. The summed E-state index contributed by atoms with van der Waals surface area (Å²) in [6.07, 6.45) is 6.80. The van der Waals surface area contributed by atoms with Crippen LogP contribution in [0.5, 0.6) is 11.5 Å². The van der Waals surface area contributed by atoms with Gasteiger partial charge in [0, 0.05) is 30.7 Å². The van der Waals surface area contributed by atoms with Crippen molar-refractivity contribution in [3.63, 3.8) is 0 Å². The van der Waals surface area contributed by atoms with Gasteiger partial charge < -0.3 is 10.1 Å². The minimum Gasteiger partial charge on any atom is -0.453 e. The molecule has 1 amide bonds. The van der Waals surface area contributed by atoms with E-state index in [9.17, 15) is 9.18 Å². The molecular formula is C29H23FN4O2. The average molecular weight is 479 g/mol. The zero-order valence-electron chi connectivity index (χ0n) is 19.3. The van der Waals surface area contributed by atoms with Gasteiger partial charge in [-0.3, -0.25) is 14.5 Å². The second-order valence-corrected chi connectivity index (χ2v) is 8.18. The predicted molar refractivity (Wildman–Crippen MR) is 135 cm³/mol. The van der Waals surface area contributed by atoms with Crippen LogP contribution >= 0.6 is 0 Å². The van der Waals surface area contributed by atoms with Crippen LogP contribution in [-0.2, 0) is 13.1 Å². The summed E-state index contributed by atoms with van der Waals surface area (Å²) in [5.74, 6) is -0.202. The molecule has 5 rings (SSSR count). The summed E-state index contributed by atoms with van der Waals surface area (Å²) in [6, 6.07) is 25.4. The number of rotatable bonds is 8. The van der Waals surface area contributed by atoms with Crippen LogP contribution in [0, 0.1) is 5.82 Å². The maximum atomic E-state index is 14.6. The fourth-order valence-electron chi connectivity index (χ4n) is 3.85. The van der Waals surface area contributed by atoms with Crippen molar-refractivity contribution >= 4 is 5.91 Å². The van der Waals surface area contributed by atoms with Crippen LogP contribution in [0.25, 0.3) is 11.1 Å². The average Bonchev–Trinajstić information content (AvgIpc) is 3.43. The van der Waals surface area contributed by atoms with Crippen LogP contribution in [0.1, 0.15) is 21.5 Å². The summed E-state index contributed by atoms with van der Waals surface area (Å²) in [5.41, 5.74) is 4.05. The molecule has 6 nitrogen and oxygen atoms in total. The Morgan fingerprint density at radius 3 is 2.50 bits per heavy atom. The third-order valence-electron chi connectivity index (χ3n) is 5.65. The number of halogens is 1. The van der Waals surface area contributed by atoms with Gasteiger partial charge in [-0.1, -0.05) is 48.5 Å². The van der Waals surface area contributed by atoms with Crippen molar-refractivity contribution in [3.8, 4) is 22.6 Å². The number of hydrogen-bond acceptors (Lipinski definition) is 4. The number of pyridine rings is 1. The molecule has 1 N–H and O–H groups in total. The number of carbonyl (C=O) groups is 1. The van der Waals surface area contributed by atoms with Crippen molar-refractivity contribution in [2.45, 2.75) is 13.1 Å². The second kappa shape index (κ2) is 10.7. The minimum atomic E-state index is -0.513. The lowest BCUT2D eigenvalue weighted by Crippen LogP contribution is -2.23. The van der Waals surface area contributed by atoms with Crippen molar-refractivity contribution in [1.82, 2.24) is 20.1 Å². The van der Waals surface area contributed by atoms with Gasteiger partial charge in [0.2, 0.25) is 0 Å². The lowest BCUT2D eigenvalue weighted by molar-refractivity contribution is 0.0951. The molecule has 0 aliphatic heterocycles. The number of nitrogens with zero attached hydrogens (tertiary/aromatic N) is 3. The Hall–Kier alpha value is -4.78. The second-order valence-electron chi connectivity index (χ2n) is 8.18. The summed E-state index contributed by atoms with van der Waals surface area (Å²) < 4.78 is 21.9. The third kappa shape index (κ3) is 5.47. The van der Waals surface area contributed by atoms with E-state index < -0.39 is 5.82 Å². The molecule has 178 valence electrons. The summed E-state index contributed by atoms with van der Waals surface area (Å²) in [4.78, 5) is 17.0. The highest BCUT2D eigenvalue weighted by atomic mass is 19.1. The molecule has 0 unspecified atom stereocenters. The Balaban J connectivity index is 1.26. The lowest BCUT2D eigenvalue weighted by atomic mass is 9.98. The van der Waals surface area contributed by atoms with Gasteiger partial charge in [0.05, 0.1) is 12.7 Å². The standard InChI is InChI=1S/C29H23FN4O2/c30-27-17-22(10-13-28(27)36-24-5-3-14-31-19-24)18-32-29(35)26-7-2-1-6-25(26)23-11-8-21(9-12-23)20-34-16-4-15-33-34/h1-17,19H,18,20H2,(H,32,35). The van der Waals surface area contributed by atoms with E-state index in [0.29, 0.717) is 23.4 Å². The number of ether oxygens (including phenoxy) is 1. The quantitative estimate of drug-likeness (QED) is 0.304. The molecule has 2 heterocycles. The van der Waals surface area contributed by atoms with E-state index in [2.05, 4.69) is 15.4 Å². The molecule has 2 aromatic heterocycles. The number of hydrogen-bond donors (Lipinski definition) is 1. The largest absolute Gasteiger partial charge is 0.453 e. The summed E-state index contributed by atoms with van der Waals surface area (Å²) in [5, 5.41) is 7.13. The minimum absolute atomic E-state index is 0.0967. The molecule has 36 heavy (non-hydrogen) atoms. The zero-order valence-corrected chi connectivity index (χ0v) is 19.3. The maximum absolute atomic E-state index is 14.6. The van der Waals surface area contributed by atoms with Crippen molar-refractivity contribution < 1.29 is 13.9 Å². The van der Waals surface area contributed by atoms with Crippen LogP contribution in [0.4, 0.5) is 4.39 Å². The zero-order chi connectivity index (χ0) is 24.7. The molecule has 0 fully saturated rings. The maximum Gasteiger partial charge on any atom is 0.252 e. The van der Waals surface area contributed by atoms with E-state index in [4.69, 9.17) is 4.74 Å². The van der Waals surface area contributed by atoms with Gasteiger partial charge in [0.1, 0.15) is 5.75 Å². The lowest BCUT2D eigenvalue weighted by Gasteiger charge is -2.12. The molecule has 0 atom stereocenters. The topological polar surface area (TPSA) is 69.0 Å². The number of benzene rings is 3. The molecule has 0 bridgehead atoms. The van der Waals surface area contributed by atoms with E-state index in [1.165, 1.54) is 12.3 Å². The van der Waals surface area contributed by atoms with Gasteiger partial charge in [-0.2, -0.15) is 5.10 Å². The van der Waals surface area contributed by atoms with Crippen molar-refractivity contribution in [1.29, 1.82) is 0 Å². The number of nitrogens with one attached hydrogen (secondary N) is 1. The molecule has 7 heteroatoms. The Bertz CT molecular complexity index is 1450. The van der Waals surface area contributed by atoms with Gasteiger partial charge in [-0.15, -0.1) is 0 Å². The molecular weight excluding hydrogens is 455 g/mol. The molecule has 3 aromatic carbocycles. The number of aromatic nitrogens is 3. The Labute approximate surface area is 208 Å². The summed E-state index contributed by atoms with van der Waals surface area (Å²) >= 11 is 0. The Kier molecular flexibility index (Phi) is 6.80. The molecule has 0 saturated heterocycles. The fourth-order valence-corrected chi connectivity index (χ4v) is 3.85. The van der Waals surface area contributed by atoms with E-state index in [0.717, 1.165) is 16.7 Å². The van der Waals surface area contributed by atoms with Crippen LogP contribution in [0.3, 0.4) is 0 Å². The molecule has 5 aromatic rings. The molecule has 0 radical (unpaired) electrons. The molecule has 0 aliphatic carbocycles. The summed E-state index contributed by atoms with van der Waals surface area (Å²) in [7, 11) is 0. The Morgan fingerprint density at radius 2 is 1.75 bits per heavy atom. The SMILES string of the molecule is O=C(NCc1ccc(Oc2cccnc2)c(F)c1)c1ccccc1-c1ccc(Cn2cccn2)cc1. The van der Waals surface area contributed by atoms with Crippen molar-refractivity contribution in [2.75, 3.05) is 0 Å². The Morgan fingerprint density at radius 1 is 0.917 bits per heavy atom. The first kappa shape index (κ1) is 23.0. The van der Waals surface area contributed by atoms with Gasteiger partial charge in [-0.05, 0) is 58.7 Å². The normalized spacial score (nSPS) is 10.7. The fraction of sp³-hybridized carbons (Fsp3) is 0.0690. The van der Waals surface area contributed by atoms with Gasteiger partial charge in [0.15, 0.2) is 11.6 Å². The van der Waals surface area contributed by atoms with E-state index in [1.807, 2.05) is 59.4 Å². The van der Waals surface area contributed by atoms with Crippen LogP contribution < -0.4 is 10.1 Å². The predicted octanol–water partition coefficient (Wildman–Crippen LogP) is 5.85. The number of amides is 1. The van der Waals surface area contributed by atoms with Gasteiger partial charge in [0.25, 0.3) is 5.91 Å². The first-order valence-electron chi connectivity index (χ1n) is 11.5. The van der Waals surface area contributed by atoms with Crippen LogP contribution in [0.15, 0.2) is 110 Å².